The maximum atomic E-state index is 11.3. The number of ether oxygens (including phenoxy) is 3. The molecule has 0 fully saturated rings. The van der Waals surface area contributed by atoms with Gasteiger partial charge in [-0.25, -0.2) is 9.47 Å². The molecule has 0 saturated carbocycles. The summed E-state index contributed by atoms with van der Waals surface area (Å²) < 4.78 is 16.9. The Balaban J connectivity index is 2.05. The van der Waals surface area contributed by atoms with E-state index in [9.17, 15) is 4.79 Å². The summed E-state index contributed by atoms with van der Waals surface area (Å²) in [5.74, 6) is 0.525. The highest BCUT2D eigenvalue weighted by Gasteiger charge is 2.08. The minimum Gasteiger partial charge on any atom is -0.493 e. The molecule has 0 unspecified atom stereocenters. The number of benzene rings is 1. The summed E-state index contributed by atoms with van der Waals surface area (Å²) in [7, 11) is 1.52. The zero-order chi connectivity index (χ0) is 15.8. The van der Waals surface area contributed by atoms with E-state index in [-0.39, 0.29) is 6.61 Å². The van der Waals surface area contributed by atoms with Crippen molar-refractivity contribution in [3.8, 4) is 11.5 Å². The lowest BCUT2D eigenvalue weighted by Crippen LogP contribution is -2.14. The molecule has 0 N–H and O–H groups in total. The van der Waals surface area contributed by atoms with Crippen molar-refractivity contribution in [3.63, 3.8) is 0 Å². The number of rotatable bonds is 7. The van der Waals surface area contributed by atoms with E-state index in [4.69, 9.17) is 14.2 Å². The Labute approximate surface area is 127 Å². The normalized spacial score (nSPS) is 10.6. The van der Waals surface area contributed by atoms with Crippen LogP contribution in [0.15, 0.2) is 36.0 Å². The molecule has 0 bridgehead atoms. The first-order valence-corrected chi connectivity index (χ1v) is 6.58. The van der Waals surface area contributed by atoms with Crippen LogP contribution in [0.1, 0.15) is 12.5 Å². The molecule has 0 aliphatic rings. The van der Waals surface area contributed by atoms with Crippen LogP contribution in [0, 0.1) is 0 Å². The molecular weight excluding hydrogens is 288 g/mol. The lowest BCUT2D eigenvalue weighted by Gasteiger charge is -2.10. The van der Waals surface area contributed by atoms with Gasteiger partial charge in [-0.3, -0.25) is 0 Å². The average Bonchev–Trinajstić information content (AvgIpc) is 3.05. The van der Waals surface area contributed by atoms with Gasteiger partial charge in [-0.15, -0.1) is 10.2 Å². The molecule has 2 rings (SSSR count). The third-order valence-electron chi connectivity index (χ3n) is 2.59. The highest BCUT2D eigenvalue weighted by molar-refractivity contribution is 5.81. The lowest BCUT2D eigenvalue weighted by molar-refractivity contribution is -0.145. The summed E-state index contributed by atoms with van der Waals surface area (Å²) in [6.07, 6.45) is 4.58. The second kappa shape index (κ2) is 7.77. The number of hydrogen-bond donors (Lipinski definition) is 0. The summed E-state index contributed by atoms with van der Waals surface area (Å²) in [6.45, 7) is 1.89. The van der Waals surface area contributed by atoms with Crippen LogP contribution in [-0.2, 0) is 9.53 Å². The highest BCUT2D eigenvalue weighted by Crippen LogP contribution is 2.27. The maximum absolute atomic E-state index is 11.3. The van der Waals surface area contributed by atoms with Gasteiger partial charge in [0.2, 0.25) is 0 Å². The molecule has 22 heavy (non-hydrogen) atoms. The molecule has 8 nitrogen and oxygen atoms in total. The number of aromatic nitrogens is 3. The van der Waals surface area contributed by atoms with E-state index in [1.54, 1.807) is 31.3 Å². The molecule has 116 valence electrons. The third-order valence-corrected chi connectivity index (χ3v) is 2.59. The molecule has 0 amide bonds. The zero-order valence-electron chi connectivity index (χ0n) is 12.3. The Morgan fingerprint density at radius 2 is 2.09 bits per heavy atom. The number of carbonyl (C=O) groups excluding carboxylic acids is 1. The topological polar surface area (TPSA) is 87.8 Å². The van der Waals surface area contributed by atoms with E-state index in [0.717, 1.165) is 5.56 Å². The predicted molar refractivity (Wildman–Crippen MR) is 78.1 cm³/mol. The van der Waals surface area contributed by atoms with Gasteiger partial charge in [0.15, 0.2) is 18.1 Å². The van der Waals surface area contributed by atoms with E-state index in [1.165, 1.54) is 24.4 Å². The van der Waals surface area contributed by atoms with Gasteiger partial charge in [0.25, 0.3) is 0 Å². The summed E-state index contributed by atoms with van der Waals surface area (Å²) in [5.41, 5.74) is 0.800. The Morgan fingerprint density at radius 1 is 1.32 bits per heavy atom. The molecule has 0 spiro atoms. The molecule has 1 aromatic carbocycles. The fraction of sp³-hybridized carbons (Fsp3) is 0.286. The number of hydrogen-bond acceptors (Lipinski definition) is 7. The predicted octanol–water partition coefficient (Wildman–Crippen LogP) is 1.11. The number of carbonyl (C=O) groups is 1. The molecule has 0 atom stereocenters. The van der Waals surface area contributed by atoms with Crippen LogP contribution in [0.3, 0.4) is 0 Å². The first-order valence-electron chi connectivity index (χ1n) is 6.58. The molecule has 0 aliphatic carbocycles. The smallest absolute Gasteiger partial charge is 0.344 e. The van der Waals surface area contributed by atoms with Crippen molar-refractivity contribution in [2.75, 3.05) is 20.3 Å². The number of esters is 1. The minimum absolute atomic E-state index is 0.168. The minimum atomic E-state index is -0.428. The van der Waals surface area contributed by atoms with Crippen molar-refractivity contribution in [2.24, 2.45) is 5.10 Å². The number of methoxy groups -OCH3 is 1. The van der Waals surface area contributed by atoms with Crippen LogP contribution in [0.4, 0.5) is 0 Å². The van der Waals surface area contributed by atoms with Crippen LogP contribution in [0.25, 0.3) is 0 Å². The fourth-order valence-corrected chi connectivity index (χ4v) is 1.61. The Bertz CT molecular complexity index is 640. The Kier molecular flexibility index (Phi) is 5.47. The molecule has 0 aliphatic heterocycles. The van der Waals surface area contributed by atoms with Crippen LogP contribution < -0.4 is 9.47 Å². The van der Waals surface area contributed by atoms with Crippen LogP contribution in [-0.4, -0.2) is 47.4 Å². The Morgan fingerprint density at radius 3 is 2.77 bits per heavy atom. The van der Waals surface area contributed by atoms with Gasteiger partial charge in [-0.2, -0.15) is 5.10 Å². The van der Waals surface area contributed by atoms with Gasteiger partial charge >= 0.3 is 5.97 Å². The zero-order valence-corrected chi connectivity index (χ0v) is 12.3. The van der Waals surface area contributed by atoms with E-state index in [0.29, 0.717) is 18.1 Å². The molecular formula is C14H16N4O4. The van der Waals surface area contributed by atoms with Gasteiger partial charge in [-0.1, -0.05) is 0 Å². The van der Waals surface area contributed by atoms with E-state index in [2.05, 4.69) is 15.3 Å². The summed E-state index contributed by atoms with van der Waals surface area (Å²) >= 11 is 0. The lowest BCUT2D eigenvalue weighted by atomic mass is 10.2. The first-order chi connectivity index (χ1) is 10.7. The molecule has 2 aromatic rings. The molecule has 1 aromatic heterocycles. The van der Waals surface area contributed by atoms with Crippen LogP contribution in [0.5, 0.6) is 11.5 Å². The van der Waals surface area contributed by atoms with Gasteiger partial charge < -0.3 is 14.2 Å². The molecule has 0 radical (unpaired) electrons. The van der Waals surface area contributed by atoms with Crippen molar-refractivity contribution >= 4 is 12.2 Å². The standard InChI is InChI=1S/C14H16N4O4/c1-3-21-14(19)8-22-12-5-4-11(6-13(12)20-2)7-17-18-9-15-16-10-18/h4-7,9-10H,3,8H2,1-2H3/b17-7+. The Hall–Kier alpha value is -2.90. The van der Waals surface area contributed by atoms with E-state index >= 15 is 0 Å². The number of nitrogens with zero attached hydrogens (tertiary/aromatic N) is 4. The maximum Gasteiger partial charge on any atom is 0.344 e. The quantitative estimate of drug-likeness (QED) is 0.562. The fourth-order valence-electron chi connectivity index (χ4n) is 1.61. The van der Waals surface area contributed by atoms with E-state index in [1.807, 2.05) is 0 Å². The molecule has 0 saturated heterocycles. The summed E-state index contributed by atoms with van der Waals surface area (Å²) in [5, 5.41) is 11.4. The van der Waals surface area contributed by atoms with Gasteiger partial charge in [-0.05, 0) is 30.7 Å². The largest absolute Gasteiger partial charge is 0.493 e. The highest BCUT2D eigenvalue weighted by atomic mass is 16.6. The SMILES string of the molecule is CCOC(=O)COc1ccc(/C=N/n2cnnc2)cc1OC. The van der Waals surface area contributed by atoms with Crippen molar-refractivity contribution in [1.82, 2.24) is 14.9 Å². The van der Waals surface area contributed by atoms with Crippen LogP contribution >= 0.6 is 0 Å². The second-order valence-electron chi connectivity index (χ2n) is 4.09. The molecule has 8 heteroatoms. The monoisotopic (exact) mass is 304 g/mol. The second-order valence-corrected chi connectivity index (χ2v) is 4.09. The van der Waals surface area contributed by atoms with Gasteiger partial charge in [0.1, 0.15) is 12.7 Å². The van der Waals surface area contributed by atoms with Crippen molar-refractivity contribution in [2.45, 2.75) is 6.92 Å². The van der Waals surface area contributed by atoms with Crippen LogP contribution in [0.2, 0.25) is 0 Å². The van der Waals surface area contributed by atoms with Crippen molar-refractivity contribution in [3.05, 3.63) is 36.4 Å². The summed E-state index contributed by atoms with van der Waals surface area (Å²) in [4.78, 5) is 11.3. The van der Waals surface area contributed by atoms with Gasteiger partial charge in [0.05, 0.1) is 19.9 Å². The first kappa shape index (κ1) is 15.5. The third kappa shape index (κ3) is 4.30. The van der Waals surface area contributed by atoms with Gasteiger partial charge in [0, 0.05) is 0 Å². The van der Waals surface area contributed by atoms with E-state index < -0.39 is 5.97 Å². The van der Waals surface area contributed by atoms with Crippen molar-refractivity contribution in [1.29, 1.82) is 0 Å². The average molecular weight is 304 g/mol. The van der Waals surface area contributed by atoms with Crippen molar-refractivity contribution < 1.29 is 19.0 Å². The summed E-state index contributed by atoms with van der Waals surface area (Å²) in [6, 6.07) is 5.23. The molecule has 1 heterocycles.